The smallest absolute Gasteiger partial charge is 0.416 e. The van der Waals surface area contributed by atoms with E-state index in [0.29, 0.717) is 37.6 Å². The molecule has 1 amide bonds. The predicted octanol–water partition coefficient (Wildman–Crippen LogP) is 4.80. The van der Waals surface area contributed by atoms with Crippen LogP contribution in [-0.2, 0) is 6.18 Å². The highest BCUT2D eigenvalue weighted by atomic mass is 32.1. The fourth-order valence-electron chi connectivity index (χ4n) is 3.45. The SMILES string of the molecule is COc1ccc(-c2nc(C(=O)N3CCN(c4cccc(C(F)(F)F)c4)CC3)cs2)cc1. The molecule has 162 valence electrons. The van der Waals surface area contributed by atoms with Crippen LogP contribution in [0.4, 0.5) is 18.9 Å². The van der Waals surface area contributed by atoms with Crippen molar-refractivity contribution in [1.29, 1.82) is 0 Å². The van der Waals surface area contributed by atoms with Crippen molar-refractivity contribution >= 4 is 22.9 Å². The van der Waals surface area contributed by atoms with Gasteiger partial charge in [-0.1, -0.05) is 6.07 Å². The number of aromatic nitrogens is 1. The molecule has 4 rings (SSSR count). The molecule has 0 bridgehead atoms. The topological polar surface area (TPSA) is 45.7 Å². The lowest BCUT2D eigenvalue weighted by atomic mass is 10.1. The van der Waals surface area contributed by atoms with Crippen LogP contribution in [0.5, 0.6) is 5.75 Å². The third kappa shape index (κ3) is 4.66. The summed E-state index contributed by atoms with van der Waals surface area (Å²) in [4.78, 5) is 20.9. The number of hydrogen-bond acceptors (Lipinski definition) is 5. The van der Waals surface area contributed by atoms with Gasteiger partial charge in [-0.25, -0.2) is 4.98 Å². The van der Waals surface area contributed by atoms with E-state index < -0.39 is 11.7 Å². The largest absolute Gasteiger partial charge is 0.497 e. The Balaban J connectivity index is 1.40. The van der Waals surface area contributed by atoms with E-state index in [1.54, 1.807) is 23.5 Å². The molecule has 0 aliphatic carbocycles. The van der Waals surface area contributed by atoms with Crippen molar-refractivity contribution in [2.75, 3.05) is 38.2 Å². The van der Waals surface area contributed by atoms with Gasteiger partial charge in [0.15, 0.2) is 0 Å². The van der Waals surface area contributed by atoms with Crippen molar-refractivity contribution in [3.8, 4) is 16.3 Å². The molecule has 1 saturated heterocycles. The summed E-state index contributed by atoms with van der Waals surface area (Å²) in [6, 6.07) is 12.7. The molecule has 3 aromatic rings. The van der Waals surface area contributed by atoms with Crippen LogP contribution in [0, 0.1) is 0 Å². The molecule has 0 radical (unpaired) electrons. The predicted molar refractivity (Wildman–Crippen MR) is 114 cm³/mol. The summed E-state index contributed by atoms with van der Waals surface area (Å²) in [6.45, 7) is 1.76. The zero-order valence-corrected chi connectivity index (χ0v) is 17.5. The van der Waals surface area contributed by atoms with Gasteiger partial charge in [-0.05, 0) is 42.5 Å². The Morgan fingerprint density at radius 1 is 1.06 bits per heavy atom. The Hall–Kier alpha value is -3.07. The van der Waals surface area contributed by atoms with Crippen molar-refractivity contribution in [1.82, 2.24) is 9.88 Å². The van der Waals surface area contributed by atoms with Gasteiger partial charge in [-0.2, -0.15) is 13.2 Å². The van der Waals surface area contributed by atoms with Gasteiger partial charge in [-0.15, -0.1) is 11.3 Å². The lowest BCUT2D eigenvalue weighted by Gasteiger charge is -2.36. The van der Waals surface area contributed by atoms with Gasteiger partial charge in [-0.3, -0.25) is 4.79 Å². The number of anilines is 1. The number of methoxy groups -OCH3 is 1. The Morgan fingerprint density at radius 2 is 1.77 bits per heavy atom. The molecule has 1 aliphatic rings. The van der Waals surface area contributed by atoms with E-state index >= 15 is 0 Å². The van der Waals surface area contributed by atoms with E-state index in [-0.39, 0.29) is 5.91 Å². The first kappa shape index (κ1) is 21.2. The molecule has 1 fully saturated rings. The Kier molecular flexibility index (Phi) is 5.86. The first-order valence-corrected chi connectivity index (χ1v) is 10.5. The lowest BCUT2D eigenvalue weighted by Crippen LogP contribution is -2.48. The first-order valence-electron chi connectivity index (χ1n) is 9.66. The molecular formula is C22H20F3N3O2S. The fraction of sp³-hybridized carbons (Fsp3) is 0.273. The van der Waals surface area contributed by atoms with Crippen molar-refractivity contribution in [3.05, 3.63) is 65.2 Å². The van der Waals surface area contributed by atoms with E-state index in [1.807, 2.05) is 29.2 Å². The highest BCUT2D eigenvalue weighted by Gasteiger charge is 2.31. The highest BCUT2D eigenvalue weighted by Crippen LogP contribution is 2.32. The minimum atomic E-state index is -4.37. The van der Waals surface area contributed by atoms with E-state index in [2.05, 4.69) is 4.98 Å². The van der Waals surface area contributed by atoms with Crippen molar-refractivity contribution in [3.63, 3.8) is 0 Å². The molecule has 0 N–H and O–H groups in total. The molecule has 0 atom stereocenters. The quantitative estimate of drug-likeness (QED) is 0.577. The number of carbonyl (C=O) groups is 1. The number of benzene rings is 2. The van der Waals surface area contributed by atoms with Crippen molar-refractivity contribution in [2.45, 2.75) is 6.18 Å². The van der Waals surface area contributed by atoms with Gasteiger partial charge in [0, 0.05) is 42.8 Å². The summed E-state index contributed by atoms with van der Waals surface area (Å²) >= 11 is 1.39. The maximum atomic E-state index is 13.0. The second kappa shape index (κ2) is 8.58. The molecule has 5 nitrogen and oxygen atoms in total. The summed E-state index contributed by atoms with van der Waals surface area (Å²) in [5.74, 6) is 0.579. The van der Waals surface area contributed by atoms with Crippen LogP contribution in [0.25, 0.3) is 10.6 Å². The van der Waals surface area contributed by atoms with E-state index in [9.17, 15) is 18.0 Å². The maximum Gasteiger partial charge on any atom is 0.416 e. The summed E-state index contributed by atoms with van der Waals surface area (Å²) < 4.78 is 44.1. The van der Waals surface area contributed by atoms with E-state index in [1.165, 1.54) is 17.4 Å². The number of rotatable bonds is 4. The second-order valence-corrected chi connectivity index (χ2v) is 7.95. The zero-order chi connectivity index (χ0) is 22.0. The van der Waals surface area contributed by atoms with E-state index in [0.717, 1.165) is 28.5 Å². The van der Waals surface area contributed by atoms with Crippen LogP contribution in [0.1, 0.15) is 16.1 Å². The summed E-state index contributed by atoms with van der Waals surface area (Å²) in [6.07, 6.45) is -4.37. The van der Waals surface area contributed by atoms with Gasteiger partial charge in [0.25, 0.3) is 5.91 Å². The standard InChI is InChI=1S/C22H20F3N3O2S/c1-30-18-7-5-15(6-8-18)20-26-19(14-31-20)21(29)28-11-9-27(10-12-28)17-4-2-3-16(13-17)22(23,24)25/h2-8,13-14H,9-12H2,1H3. The number of carbonyl (C=O) groups excluding carboxylic acids is 1. The monoisotopic (exact) mass is 447 g/mol. The molecule has 0 saturated carbocycles. The molecule has 1 aliphatic heterocycles. The molecule has 9 heteroatoms. The molecule has 0 spiro atoms. The van der Waals surface area contributed by atoms with Gasteiger partial charge >= 0.3 is 6.18 Å². The Labute approximate surface area is 181 Å². The number of amides is 1. The molecule has 0 unspecified atom stereocenters. The third-order valence-corrected chi connectivity index (χ3v) is 6.06. The van der Waals surface area contributed by atoms with Gasteiger partial charge in [0.2, 0.25) is 0 Å². The second-order valence-electron chi connectivity index (χ2n) is 7.09. The molecule has 2 heterocycles. The molecular weight excluding hydrogens is 427 g/mol. The molecule has 2 aromatic carbocycles. The molecule has 1 aromatic heterocycles. The number of piperazine rings is 1. The number of ether oxygens (including phenoxy) is 1. The number of alkyl halides is 3. The minimum absolute atomic E-state index is 0.167. The van der Waals surface area contributed by atoms with E-state index in [4.69, 9.17) is 4.74 Å². The Morgan fingerprint density at radius 3 is 2.42 bits per heavy atom. The number of halogens is 3. The third-order valence-electron chi connectivity index (χ3n) is 5.17. The lowest BCUT2D eigenvalue weighted by molar-refractivity contribution is -0.137. The average molecular weight is 447 g/mol. The summed E-state index contributed by atoms with van der Waals surface area (Å²) in [7, 11) is 1.60. The maximum absolute atomic E-state index is 13.0. The van der Waals surface area contributed by atoms with Gasteiger partial charge < -0.3 is 14.5 Å². The van der Waals surface area contributed by atoms with Crippen LogP contribution >= 0.6 is 11.3 Å². The normalized spacial score (nSPS) is 14.6. The summed E-state index contributed by atoms with van der Waals surface area (Å²) in [5, 5.41) is 2.48. The van der Waals surface area contributed by atoms with Crippen LogP contribution in [0.3, 0.4) is 0 Å². The van der Waals surface area contributed by atoms with Gasteiger partial charge in [0.1, 0.15) is 16.5 Å². The van der Waals surface area contributed by atoms with Crippen molar-refractivity contribution in [2.24, 2.45) is 0 Å². The van der Waals surface area contributed by atoms with Crippen LogP contribution in [-0.4, -0.2) is 49.1 Å². The minimum Gasteiger partial charge on any atom is -0.497 e. The average Bonchev–Trinajstić information content (AvgIpc) is 3.28. The Bertz CT molecular complexity index is 1060. The fourth-order valence-corrected chi connectivity index (χ4v) is 4.25. The van der Waals surface area contributed by atoms with Crippen molar-refractivity contribution < 1.29 is 22.7 Å². The van der Waals surface area contributed by atoms with Crippen LogP contribution in [0.15, 0.2) is 53.9 Å². The van der Waals surface area contributed by atoms with Crippen LogP contribution in [0.2, 0.25) is 0 Å². The van der Waals surface area contributed by atoms with Crippen LogP contribution < -0.4 is 9.64 Å². The summed E-state index contributed by atoms with van der Waals surface area (Å²) in [5.41, 5.74) is 1.12. The highest BCUT2D eigenvalue weighted by molar-refractivity contribution is 7.13. The zero-order valence-electron chi connectivity index (χ0n) is 16.7. The molecule has 31 heavy (non-hydrogen) atoms. The first-order chi connectivity index (χ1) is 14.8. The number of thiazole rings is 1. The number of nitrogens with zero attached hydrogens (tertiary/aromatic N) is 3. The number of hydrogen-bond donors (Lipinski definition) is 0. The van der Waals surface area contributed by atoms with Gasteiger partial charge in [0.05, 0.1) is 12.7 Å².